The van der Waals surface area contributed by atoms with E-state index in [2.05, 4.69) is 5.32 Å². The highest BCUT2D eigenvalue weighted by molar-refractivity contribution is 6.30. The first-order valence-electron chi connectivity index (χ1n) is 6.35. The lowest BCUT2D eigenvalue weighted by molar-refractivity contribution is 0.0915. The van der Waals surface area contributed by atoms with Crippen LogP contribution in [-0.2, 0) is 0 Å². The van der Waals surface area contributed by atoms with Gasteiger partial charge in [0.25, 0.3) is 5.91 Å². The van der Waals surface area contributed by atoms with Crippen molar-refractivity contribution < 1.29 is 27.5 Å². The van der Waals surface area contributed by atoms with Crippen LogP contribution in [0.4, 0.5) is 17.6 Å². The molecular weight excluding hydrogens is 338 g/mol. The topological polar surface area (TPSA) is 49.3 Å². The maximum atomic E-state index is 13.3. The van der Waals surface area contributed by atoms with Gasteiger partial charge in [-0.1, -0.05) is 17.7 Å². The normalized spacial score (nSPS) is 12.1. The van der Waals surface area contributed by atoms with E-state index in [1.165, 1.54) is 12.1 Å². The van der Waals surface area contributed by atoms with Crippen LogP contribution in [0.2, 0.25) is 5.02 Å². The second-order valence-corrected chi connectivity index (χ2v) is 5.06. The van der Waals surface area contributed by atoms with Crippen molar-refractivity contribution in [1.29, 1.82) is 0 Å². The molecule has 0 aliphatic rings. The summed E-state index contributed by atoms with van der Waals surface area (Å²) < 4.78 is 52.2. The van der Waals surface area contributed by atoms with Crippen molar-refractivity contribution in [2.75, 3.05) is 6.54 Å². The van der Waals surface area contributed by atoms with E-state index in [0.29, 0.717) is 12.1 Å². The van der Waals surface area contributed by atoms with Crippen LogP contribution in [0.25, 0.3) is 0 Å². The predicted molar refractivity (Wildman–Crippen MR) is 75.0 cm³/mol. The van der Waals surface area contributed by atoms with Gasteiger partial charge in [-0.3, -0.25) is 4.79 Å². The Balaban J connectivity index is 2.05. The van der Waals surface area contributed by atoms with Gasteiger partial charge in [0.2, 0.25) is 0 Å². The Bertz CT molecular complexity index is 731. The average Bonchev–Trinajstić information content (AvgIpc) is 2.52. The van der Waals surface area contributed by atoms with Gasteiger partial charge in [-0.25, -0.2) is 17.6 Å². The van der Waals surface area contributed by atoms with E-state index in [9.17, 15) is 27.5 Å². The lowest BCUT2D eigenvalue weighted by atomic mass is 10.1. The smallest absolute Gasteiger partial charge is 0.251 e. The molecule has 0 aliphatic carbocycles. The molecule has 2 N–H and O–H groups in total. The molecule has 1 atom stereocenters. The van der Waals surface area contributed by atoms with Crippen molar-refractivity contribution in [3.63, 3.8) is 0 Å². The SMILES string of the molecule is O=C(NCC(O)c1ccc(Cl)c(F)c1)c1cc(F)c(F)c(F)c1. The van der Waals surface area contributed by atoms with E-state index >= 15 is 0 Å². The summed E-state index contributed by atoms with van der Waals surface area (Å²) in [4.78, 5) is 11.7. The van der Waals surface area contributed by atoms with Crippen molar-refractivity contribution in [3.05, 3.63) is 69.8 Å². The van der Waals surface area contributed by atoms with Crippen molar-refractivity contribution in [3.8, 4) is 0 Å². The van der Waals surface area contributed by atoms with Crippen molar-refractivity contribution in [2.45, 2.75) is 6.10 Å². The summed E-state index contributed by atoms with van der Waals surface area (Å²) >= 11 is 5.51. The summed E-state index contributed by atoms with van der Waals surface area (Å²) in [6, 6.07) is 4.65. The minimum atomic E-state index is -1.68. The van der Waals surface area contributed by atoms with Gasteiger partial charge in [-0.15, -0.1) is 0 Å². The molecule has 3 nitrogen and oxygen atoms in total. The Morgan fingerprint density at radius 1 is 1.09 bits per heavy atom. The molecule has 0 radical (unpaired) electrons. The van der Waals surface area contributed by atoms with E-state index in [4.69, 9.17) is 11.6 Å². The van der Waals surface area contributed by atoms with Crippen LogP contribution >= 0.6 is 11.6 Å². The average molecular weight is 348 g/mol. The number of aliphatic hydroxyl groups excluding tert-OH is 1. The molecule has 23 heavy (non-hydrogen) atoms. The Labute approximate surface area is 133 Å². The van der Waals surface area contributed by atoms with Crippen LogP contribution in [0.3, 0.4) is 0 Å². The number of aliphatic hydroxyl groups is 1. The molecule has 0 saturated carbocycles. The maximum absolute atomic E-state index is 13.3. The van der Waals surface area contributed by atoms with Gasteiger partial charge in [0, 0.05) is 12.1 Å². The molecule has 0 heterocycles. The first-order chi connectivity index (χ1) is 10.8. The minimum absolute atomic E-state index is 0.123. The Morgan fingerprint density at radius 2 is 1.70 bits per heavy atom. The summed E-state index contributed by atoms with van der Waals surface area (Å²) in [6.45, 7) is -0.347. The molecule has 0 fully saturated rings. The highest BCUT2D eigenvalue weighted by atomic mass is 35.5. The summed E-state index contributed by atoms with van der Waals surface area (Å²) in [5, 5.41) is 11.9. The van der Waals surface area contributed by atoms with E-state index < -0.39 is 40.8 Å². The number of hydrogen-bond donors (Lipinski definition) is 2. The fourth-order valence-electron chi connectivity index (χ4n) is 1.82. The highest BCUT2D eigenvalue weighted by Crippen LogP contribution is 2.20. The van der Waals surface area contributed by atoms with E-state index in [1.807, 2.05) is 0 Å². The van der Waals surface area contributed by atoms with Crippen LogP contribution in [-0.4, -0.2) is 17.6 Å². The lowest BCUT2D eigenvalue weighted by Crippen LogP contribution is -2.28. The Kier molecular flexibility index (Phi) is 5.23. The number of benzene rings is 2. The first kappa shape index (κ1) is 17.2. The van der Waals surface area contributed by atoms with Gasteiger partial charge in [0.15, 0.2) is 17.5 Å². The zero-order valence-electron chi connectivity index (χ0n) is 11.4. The largest absolute Gasteiger partial charge is 0.387 e. The van der Waals surface area contributed by atoms with Gasteiger partial charge in [-0.2, -0.15) is 0 Å². The highest BCUT2D eigenvalue weighted by Gasteiger charge is 2.16. The number of rotatable bonds is 4. The van der Waals surface area contributed by atoms with Gasteiger partial charge in [0.1, 0.15) is 5.82 Å². The van der Waals surface area contributed by atoms with Crippen LogP contribution in [0.5, 0.6) is 0 Å². The number of amides is 1. The van der Waals surface area contributed by atoms with Crippen molar-refractivity contribution >= 4 is 17.5 Å². The van der Waals surface area contributed by atoms with Crippen molar-refractivity contribution in [1.82, 2.24) is 5.32 Å². The summed E-state index contributed by atoms with van der Waals surface area (Å²) in [5.74, 6) is -6.35. The first-order valence-corrected chi connectivity index (χ1v) is 6.73. The molecule has 1 amide bonds. The van der Waals surface area contributed by atoms with E-state index in [0.717, 1.165) is 6.07 Å². The molecule has 2 rings (SSSR count). The third-order valence-corrected chi connectivity index (χ3v) is 3.34. The van der Waals surface area contributed by atoms with Gasteiger partial charge in [0.05, 0.1) is 11.1 Å². The summed E-state index contributed by atoms with van der Waals surface area (Å²) in [6.07, 6.45) is -1.26. The molecule has 0 aliphatic heterocycles. The van der Waals surface area contributed by atoms with E-state index in [-0.39, 0.29) is 17.1 Å². The van der Waals surface area contributed by atoms with Crippen LogP contribution in [0.1, 0.15) is 22.0 Å². The second-order valence-electron chi connectivity index (χ2n) is 4.65. The fourth-order valence-corrected chi connectivity index (χ4v) is 1.93. The predicted octanol–water partition coefficient (Wildman–Crippen LogP) is 3.36. The number of nitrogens with one attached hydrogen (secondary N) is 1. The third kappa shape index (κ3) is 4.00. The van der Waals surface area contributed by atoms with Crippen LogP contribution in [0, 0.1) is 23.3 Å². The van der Waals surface area contributed by atoms with Gasteiger partial charge < -0.3 is 10.4 Å². The maximum Gasteiger partial charge on any atom is 0.251 e. The third-order valence-electron chi connectivity index (χ3n) is 3.03. The summed E-state index contributed by atoms with van der Waals surface area (Å²) in [5.41, 5.74) is -0.292. The molecule has 0 spiro atoms. The summed E-state index contributed by atoms with van der Waals surface area (Å²) in [7, 11) is 0. The minimum Gasteiger partial charge on any atom is -0.387 e. The zero-order valence-corrected chi connectivity index (χ0v) is 12.2. The van der Waals surface area contributed by atoms with Gasteiger partial charge in [-0.05, 0) is 29.8 Å². The molecule has 122 valence electrons. The molecule has 2 aromatic carbocycles. The quantitative estimate of drug-likeness (QED) is 0.658. The van der Waals surface area contributed by atoms with E-state index in [1.54, 1.807) is 0 Å². The molecule has 0 saturated heterocycles. The van der Waals surface area contributed by atoms with Crippen LogP contribution < -0.4 is 5.32 Å². The molecule has 0 aromatic heterocycles. The van der Waals surface area contributed by atoms with Crippen molar-refractivity contribution in [2.24, 2.45) is 0 Å². The molecular formula is C15H10ClF4NO2. The number of hydrogen-bond acceptors (Lipinski definition) is 2. The van der Waals surface area contributed by atoms with Gasteiger partial charge >= 0.3 is 0 Å². The lowest BCUT2D eigenvalue weighted by Gasteiger charge is -2.13. The Hall–Kier alpha value is -2.12. The monoisotopic (exact) mass is 347 g/mol. The number of carbonyl (C=O) groups excluding carboxylic acids is 1. The Morgan fingerprint density at radius 3 is 2.26 bits per heavy atom. The number of halogens is 5. The second kappa shape index (κ2) is 6.97. The zero-order chi connectivity index (χ0) is 17.1. The molecule has 2 aromatic rings. The molecule has 1 unspecified atom stereocenters. The molecule has 0 bridgehead atoms. The molecule has 8 heteroatoms. The number of carbonyl (C=O) groups is 1. The fraction of sp³-hybridized carbons (Fsp3) is 0.133. The van der Waals surface area contributed by atoms with Crippen LogP contribution in [0.15, 0.2) is 30.3 Å². The standard InChI is InChI=1S/C15H10ClF4NO2/c16-9-2-1-7(3-10(9)17)13(22)6-21-15(23)8-4-11(18)14(20)12(19)5-8/h1-5,13,22H,6H2,(H,21,23).